The lowest BCUT2D eigenvalue weighted by Gasteiger charge is -2.01. The standard InChI is InChI=1S/C16H12N2O3S/c1-21-12-4-2-3-11(9-12)15-18-13(14(22-15)16(19)20)10-5-7-17-8-6-10/h2-9H,1H3,(H,19,20). The van der Waals surface area contributed by atoms with E-state index < -0.39 is 5.97 Å². The van der Waals surface area contributed by atoms with Gasteiger partial charge in [-0.25, -0.2) is 9.78 Å². The number of ether oxygens (including phenoxy) is 1. The summed E-state index contributed by atoms with van der Waals surface area (Å²) in [7, 11) is 1.59. The first-order valence-electron chi connectivity index (χ1n) is 6.48. The molecule has 0 amide bonds. The molecule has 0 aliphatic carbocycles. The van der Waals surface area contributed by atoms with Gasteiger partial charge < -0.3 is 9.84 Å². The first-order chi connectivity index (χ1) is 10.7. The highest BCUT2D eigenvalue weighted by atomic mass is 32.1. The van der Waals surface area contributed by atoms with Gasteiger partial charge in [-0.1, -0.05) is 12.1 Å². The second kappa shape index (κ2) is 5.95. The highest BCUT2D eigenvalue weighted by Gasteiger charge is 2.19. The molecule has 3 rings (SSSR count). The predicted octanol–water partition coefficient (Wildman–Crippen LogP) is 3.58. The number of carboxylic acids is 1. The summed E-state index contributed by atoms with van der Waals surface area (Å²) in [6, 6.07) is 10.9. The Morgan fingerprint density at radius 3 is 2.64 bits per heavy atom. The molecule has 0 fully saturated rings. The van der Waals surface area contributed by atoms with Crippen LogP contribution in [0.5, 0.6) is 5.75 Å². The summed E-state index contributed by atoms with van der Waals surface area (Å²) in [6.45, 7) is 0. The first-order valence-corrected chi connectivity index (χ1v) is 7.29. The fourth-order valence-electron chi connectivity index (χ4n) is 2.05. The maximum absolute atomic E-state index is 11.5. The molecule has 0 saturated heterocycles. The van der Waals surface area contributed by atoms with E-state index in [2.05, 4.69) is 9.97 Å². The summed E-state index contributed by atoms with van der Waals surface area (Å²) in [5.74, 6) is -0.284. The molecule has 2 aromatic heterocycles. The molecule has 0 radical (unpaired) electrons. The van der Waals surface area contributed by atoms with Gasteiger partial charge in [0.05, 0.1) is 12.8 Å². The fraction of sp³-hybridized carbons (Fsp3) is 0.0625. The number of pyridine rings is 1. The zero-order valence-corrected chi connectivity index (χ0v) is 12.5. The minimum Gasteiger partial charge on any atom is -0.497 e. The van der Waals surface area contributed by atoms with E-state index in [0.29, 0.717) is 16.5 Å². The maximum Gasteiger partial charge on any atom is 0.348 e. The van der Waals surface area contributed by atoms with Crippen molar-refractivity contribution in [3.8, 4) is 27.6 Å². The van der Waals surface area contributed by atoms with Crippen molar-refractivity contribution in [1.29, 1.82) is 0 Å². The molecule has 0 atom stereocenters. The van der Waals surface area contributed by atoms with E-state index in [-0.39, 0.29) is 4.88 Å². The van der Waals surface area contributed by atoms with Crippen molar-refractivity contribution in [2.75, 3.05) is 7.11 Å². The van der Waals surface area contributed by atoms with Crippen molar-refractivity contribution in [3.05, 3.63) is 53.7 Å². The van der Waals surface area contributed by atoms with Gasteiger partial charge in [-0.05, 0) is 24.3 Å². The molecule has 5 nitrogen and oxygen atoms in total. The van der Waals surface area contributed by atoms with Crippen LogP contribution in [0.15, 0.2) is 48.8 Å². The highest BCUT2D eigenvalue weighted by molar-refractivity contribution is 7.17. The van der Waals surface area contributed by atoms with E-state index in [0.717, 1.165) is 22.5 Å². The van der Waals surface area contributed by atoms with Crippen molar-refractivity contribution in [2.45, 2.75) is 0 Å². The number of hydrogen-bond acceptors (Lipinski definition) is 5. The van der Waals surface area contributed by atoms with Crippen molar-refractivity contribution in [3.63, 3.8) is 0 Å². The Morgan fingerprint density at radius 1 is 1.18 bits per heavy atom. The number of carboxylic acid groups (broad SMARTS) is 1. The smallest absolute Gasteiger partial charge is 0.348 e. The highest BCUT2D eigenvalue weighted by Crippen LogP contribution is 2.34. The maximum atomic E-state index is 11.5. The van der Waals surface area contributed by atoms with Gasteiger partial charge in [0.1, 0.15) is 15.6 Å². The average Bonchev–Trinajstić information content (AvgIpc) is 3.01. The molecule has 1 N–H and O–H groups in total. The molecule has 0 aliphatic rings. The number of nitrogens with zero attached hydrogens (tertiary/aromatic N) is 2. The van der Waals surface area contributed by atoms with Gasteiger partial charge >= 0.3 is 5.97 Å². The molecule has 0 bridgehead atoms. The Kier molecular flexibility index (Phi) is 3.84. The Balaban J connectivity index is 2.13. The normalized spacial score (nSPS) is 10.4. The number of hydrogen-bond donors (Lipinski definition) is 1. The third-order valence-corrected chi connectivity index (χ3v) is 4.18. The summed E-state index contributed by atoms with van der Waals surface area (Å²) in [6.07, 6.45) is 3.23. The number of benzene rings is 1. The molecule has 0 aliphatic heterocycles. The summed E-state index contributed by atoms with van der Waals surface area (Å²) < 4.78 is 5.20. The largest absolute Gasteiger partial charge is 0.497 e. The molecular formula is C16H12N2O3S. The van der Waals surface area contributed by atoms with E-state index in [9.17, 15) is 9.90 Å². The van der Waals surface area contributed by atoms with Gasteiger partial charge in [-0.15, -0.1) is 11.3 Å². The summed E-state index contributed by atoms with van der Waals surface area (Å²) in [5.41, 5.74) is 2.02. The lowest BCUT2D eigenvalue weighted by Crippen LogP contribution is -1.95. The summed E-state index contributed by atoms with van der Waals surface area (Å²) in [5, 5.41) is 10.1. The number of rotatable bonds is 4. The number of carbonyl (C=O) groups is 1. The van der Waals surface area contributed by atoms with Crippen molar-refractivity contribution >= 4 is 17.3 Å². The van der Waals surface area contributed by atoms with Gasteiger partial charge in [-0.2, -0.15) is 0 Å². The van der Waals surface area contributed by atoms with Crippen LogP contribution in [0.4, 0.5) is 0 Å². The molecule has 3 aromatic rings. The minimum absolute atomic E-state index is 0.212. The third kappa shape index (κ3) is 2.68. The van der Waals surface area contributed by atoms with Crippen molar-refractivity contribution < 1.29 is 14.6 Å². The molecule has 110 valence electrons. The second-order valence-corrected chi connectivity index (χ2v) is 5.47. The Labute approximate surface area is 130 Å². The zero-order valence-electron chi connectivity index (χ0n) is 11.7. The van der Waals surface area contributed by atoms with Gasteiger partial charge in [0.25, 0.3) is 0 Å². The van der Waals surface area contributed by atoms with Crippen LogP contribution in [0.1, 0.15) is 9.67 Å². The van der Waals surface area contributed by atoms with Crippen LogP contribution in [0.25, 0.3) is 21.8 Å². The molecule has 0 saturated carbocycles. The van der Waals surface area contributed by atoms with E-state index >= 15 is 0 Å². The van der Waals surface area contributed by atoms with Crippen LogP contribution in [0.2, 0.25) is 0 Å². The molecule has 22 heavy (non-hydrogen) atoms. The third-order valence-electron chi connectivity index (χ3n) is 3.09. The van der Waals surface area contributed by atoms with E-state index in [1.165, 1.54) is 0 Å². The van der Waals surface area contributed by atoms with Gasteiger partial charge in [-0.3, -0.25) is 4.98 Å². The molecule has 6 heteroatoms. The zero-order chi connectivity index (χ0) is 15.5. The van der Waals surface area contributed by atoms with Crippen molar-refractivity contribution in [2.24, 2.45) is 0 Å². The Hall–Kier alpha value is -2.73. The lowest BCUT2D eigenvalue weighted by atomic mass is 10.1. The number of aromatic carboxylic acids is 1. The van der Waals surface area contributed by atoms with Crippen LogP contribution < -0.4 is 4.74 Å². The molecule has 0 spiro atoms. The van der Waals surface area contributed by atoms with Crippen LogP contribution >= 0.6 is 11.3 Å². The number of methoxy groups -OCH3 is 1. The second-order valence-electron chi connectivity index (χ2n) is 4.47. The summed E-state index contributed by atoms with van der Waals surface area (Å²) in [4.78, 5) is 20.2. The quantitative estimate of drug-likeness (QED) is 0.797. The fourth-order valence-corrected chi connectivity index (χ4v) is 2.97. The van der Waals surface area contributed by atoms with Crippen LogP contribution in [-0.4, -0.2) is 28.2 Å². The first kappa shape index (κ1) is 14.2. The molecular weight excluding hydrogens is 300 g/mol. The molecule has 2 heterocycles. The minimum atomic E-state index is -0.988. The Bertz CT molecular complexity index is 815. The summed E-state index contributed by atoms with van der Waals surface area (Å²) >= 11 is 1.15. The molecule has 0 unspecified atom stereocenters. The lowest BCUT2D eigenvalue weighted by molar-refractivity contribution is 0.0702. The van der Waals surface area contributed by atoms with Gasteiger partial charge in [0.2, 0.25) is 0 Å². The average molecular weight is 312 g/mol. The monoisotopic (exact) mass is 312 g/mol. The van der Waals surface area contributed by atoms with Crippen LogP contribution in [0, 0.1) is 0 Å². The number of thiazole rings is 1. The van der Waals surface area contributed by atoms with E-state index in [1.54, 1.807) is 31.6 Å². The van der Waals surface area contributed by atoms with E-state index in [1.807, 2.05) is 24.3 Å². The van der Waals surface area contributed by atoms with Gasteiger partial charge in [0.15, 0.2) is 0 Å². The predicted molar refractivity (Wildman–Crippen MR) is 84.3 cm³/mol. The van der Waals surface area contributed by atoms with Crippen LogP contribution in [-0.2, 0) is 0 Å². The molecule has 1 aromatic carbocycles. The topological polar surface area (TPSA) is 72.3 Å². The van der Waals surface area contributed by atoms with Gasteiger partial charge in [0, 0.05) is 23.5 Å². The van der Waals surface area contributed by atoms with E-state index in [4.69, 9.17) is 4.74 Å². The number of aromatic nitrogens is 2. The van der Waals surface area contributed by atoms with Crippen molar-refractivity contribution in [1.82, 2.24) is 9.97 Å². The SMILES string of the molecule is COc1cccc(-c2nc(-c3ccncc3)c(C(=O)O)s2)c1. The van der Waals surface area contributed by atoms with Crippen LogP contribution in [0.3, 0.4) is 0 Å². The Morgan fingerprint density at radius 2 is 1.95 bits per heavy atom.